The normalized spacial score (nSPS) is 10.1. The number of carbonyl (C=O) groups is 1. The average molecular weight is 287 g/mol. The van der Waals surface area contributed by atoms with E-state index in [1.54, 1.807) is 12.1 Å². The number of hydrogen-bond acceptors (Lipinski definition) is 4. The van der Waals surface area contributed by atoms with Crippen molar-refractivity contribution >= 4 is 11.6 Å². The van der Waals surface area contributed by atoms with E-state index < -0.39 is 11.7 Å². The van der Waals surface area contributed by atoms with Gasteiger partial charge in [0.25, 0.3) is 5.91 Å². The predicted octanol–water partition coefficient (Wildman–Crippen LogP) is 2.56. The van der Waals surface area contributed by atoms with Crippen LogP contribution in [0.2, 0.25) is 0 Å². The van der Waals surface area contributed by atoms with Gasteiger partial charge in [-0.25, -0.2) is 4.39 Å². The van der Waals surface area contributed by atoms with Crippen molar-refractivity contribution in [2.45, 2.75) is 13.0 Å². The summed E-state index contributed by atoms with van der Waals surface area (Å²) in [5, 5.41) is 8.68. The first-order chi connectivity index (χ1) is 10.1. The Morgan fingerprint density at radius 2 is 2.24 bits per heavy atom. The lowest BCUT2D eigenvalue weighted by atomic mass is 10.1. The number of anilines is 1. The molecule has 0 atom stereocenters. The Hall–Kier alpha value is -2.81. The molecule has 21 heavy (non-hydrogen) atoms. The van der Waals surface area contributed by atoms with Gasteiger partial charge in [-0.1, -0.05) is 0 Å². The van der Waals surface area contributed by atoms with Crippen LogP contribution in [0.4, 0.5) is 10.1 Å². The van der Waals surface area contributed by atoms with Crippen LogP contribution in [0.15, 0.2) is 41.0 Å². The highest BCUT2D eigenvalue weighted by molar-refractivity contribution is 5.94. The molecule has 6 heteroatoms. The van der Waals surface area contributed by atoms with Crippen LogP contribution in [0, 0.1) is 17.1 Å². The Balaban J connectivity index is 2.22. The molecule has 2 N–H and O–H groups in total. The second-order valence-corrected chi connectivity index (χ2v) is 4.45. The third kappa shape index (κ3) is 3.60. The van der Waals surface area contributed by atoms with E-state index in [0.29, 0.717) is 5.76 Å². The summed E-state index contributed by atoms with van der Waals surface area (Å²) in [7, 11) is 0. The lowest BCUT2D eigenvalue weighted by Gasteiger charge is -2.20. The van der Waals surface area contributed by atoms with E-state index in [4.69, 9.17) is 15.4 Å². The summed E-state index contributed by atoms with van der Waals surface area (Å²) in [5.41, 5.74) is 5.64. The first-order valence-electron chi connectivity index (χ1n) is 6.35. The average Bonchev–Trinajstić information content (AvgIpc) is 2.95. The summed E-state index contributed by atoms with van der Waals surface area (Å²) in [6.07, 6.45) is 1.65. The molecule has 1 aromatic carbocycles. The smallest absolute Gasteiger partial charge is 0.257 e. The van der Waals surface area contributed by atoms with Gasteiger partial charge in [-0.15, -0.1) is 0 Å². The summed E-state index contributed by atoms with van der Waals surface area (Å²) >= 11 is 0. The number of rotatable bonds is 5. The third-order valence-electron chi connectivity index (χ3n) is 2.93. The summed E-state index contributed by atoms with van der Waals surface area (Å²) in [5.74, 6) is -0.613. The highest BCUT2D eigenvalue weighted by Crippen LogP contribution is 2.16. The summed E-state index contributed by atoms with van der Waals surface area (Å²) in [4.78, 5) is 13.8. The molecule has 0 saturated carbocycles. The number of benzene rings is 1. The molecule has 108 valence electrons. The van der Waals surface area contributed by atoms with Gasteiger partial charge in [-0.05, 0) is 30.3 Å². The van der Waals surface area contributed by atoms with Gasteiger partial charge in [-0.3, -0.25) is 4.79 Å². The number of nitriles is 1. The molecule has 0 bridgehead atoms. The van der Waals surface area contributed by atoms with Crippen molar-refractivity contribution < 1.29 is 13.6 Å². The molecule has 0 saturated heterocycles. The minimum Gasteiger partial charge on any atom is -0.467 e. The monoisotopic (exact) mass is 287 g/mol. The van der Waals surface area contributed by atoms with Crippen molar-refractivity contribution in [2.24, 2.45) is 0 Å². The molecular formula is C15H14FN3O2. The molecule has 0 aliphatic heterocycles. The first kappa shape index (κ1) is 14.6. The number of carbonyl (C=O) groups excluding carboxylic acids is 1. The fraction of sp³-hybridized carbons (Fsp3) is 0.200. The second-order valence-electron chi connectivity index (χ2n) is 4.45. The van der Waals surface area contributed by atoms with Crippen molar-refractivity contribution in [3.05, 3.63) is 53.7 Å². The van der Waals surface area contributed by atoms with Gasteiger partial charge in [-0.2, -0.15) is 5.26 Å². The van der Waals surface area contributed by atoms with Crippen LogP contribution in [0.25, 0.3) is 0 Å². The Bertz CT molecular complexity index is 662. The van der Waals surface area contributed by atoms with Gasteiger partial charge in [0.05, 0.1) is 30.9 Å². The van der Waals surface area contributed by atoms with E-state index in [-0.39, 0.29) is 30.8 Å². The maximum absolute atomic E-state index is 13.8. The molecule has 0 fully saturated rings. The van der Waals surface area contributed by atoms with Gasteiger partial charge in [0.2, 0.25) is 0 Å². The molecule has 0 aliphatic carbocycles. The number of nitrogens with two attached hydrogens (primary N) is 1. The minimum absolute atomic E-state index is 0.0753. The molecule has 0 unspecified atom stereocenters. The summed E-state index contributed by atoms with van der Waals surface area (Å²) < 4.78 is 19.0. The number of halogens is 1. The van der Waals surface area contributed by atoms with Crippen LogP contribution in [-0.4, -0.2) is 17.4 Å². The van der Waals surface area contributed by atoms with Crippen LogP contribution >= 0.6 is 0 Å². The van der Waals surface area contributed by atoms with Gasteiger partial charge >= 0.3 is 0 Å². The molecule has 0 spiro atoms. The number of furan rings is 1. The molecule has 5 nitrogen and oxygen atoms in total. The quantitative estimate of drug-likeness (QED) is 0.857. The standard InChI is InChI=1S/C15H14FN3O2/c16-14-9-11(18)4-5-13(14)15(20)19(7-2-6-17)10-12-3-1-8-21-12/h1,3-5,8-9H,2,7,10,18H2. The van der Waals surface area contributed by atoms with E-state index in [2.05, 4.69) is 0 Å². The van der Waals surface area contributed by atoms with Crippen molar-refractivity contribution in [2.75, 3.05) is 12.3 Å². The Morgan fingerprint density at radius 1 is 1.43 bits per heavy atom. The maximum atomic E-state index is 13.8. The lowest BCUT2D eigenvalue weighted by Crippen LogP contribution is -2.32. The van der Waals surface area contributed by atoms with Crippen molar-refractivity contribution in [1.29, 1.82) is 5.26 Å². The van der Waals surface area contributed by atoms with Crippen LogP contribution in [-0.2, 0) is 6.54 Å². The highest BCUT2D eigenvalue weighted by atomic mass is 19.1. The van der Waals surface area contributed by atoms with E-state index in [1.807, 2.05) is 6.07 Å². The number of amides is 1. The van der Waals surface area contributed by atoms with Crippen molar-refractivity contribution in [1.82, 2.24) is 4.90 Å². The van der Waals surface area contributed by atoms with Gasteiger partial charge in [0.1, 0.15) is 11.6 Å². The zero-order chi connectivity index (χ0) is 15.2. The van der Waals surface area contributed by atoms with E-state index in [0.717, 1.165) is 6.07 Å². The fourth-order valence-electron chi connectivity index (χ4n) is 1.90. The molecule has 0 radical (unpaired) electrons. The van der Waals surface area contributed by atoms with Crippen LogP contribution in [0.5, 0.6) is 0 Å². The molecule has 0 aliphatic rings. The molecule has 2 rings (SSSR count). The zero-order valence-electron chi connectivity index (χ0n) is 11.3. The topological polar surface area (TPSA) is 83.3 Å². The highest BCUT2D eigenvalue weighted by Gasteiger charge is 2.20. The van der Waals surface area contributed by atoms with E-state index in [1.165, 1.54) is 23.3 Å². The molecule has 2 aromatic rings. The number of nitrogen functional groups attached to an aromatic ring is 1. The van der Waals surface area contributed by atoms with Gasteiger partial charge in [0.15, 0.2) is 0 Å². The molecule has 1 aromatic heterocycles. The molecule has 1 heterocycles. The van der Waals surface area contributed by atoms with E-state index >= 15 is 0 Å². The number of hydrogen-bond donors (Lipinski definition) is 1. The Morgan fingerprint density at radius 3 is 2.86 bits per heavy atom. The van der Waals surface area contributed by atoms with Gasteiger partial charge < -0.3 is 15.1 Å². The maximum Gasteiger partial charge on any atom is 0.257 e. The van der Waals surface area contributed by atoms with Gasteiger partial charge in [0, 0.05) is 12.2 Å². The SMILES string of the molecule is N#CCCN(Cc1ccco1)C(=O)c1ccc(N)cc1F. The van der Waals surface area contributed by atoms with Crippen molar-refractivity contribution in [3.63, 3.8) is 0 Å². The Kier molecular flexibility index (Phi) is 4.57. The lowest BCUT2D eigenvalue weighted by molar-refractivity contribution is 0.0730. The van der Waals surface area contributed by atoms with Crippen LogP contribution in [0.1, 0.15) is 22.5 Å². The minimum atomic E-state index is -0.679. The van der Waals surface area contributed by atoms with Crippen LogP contribution < -0.4 is 5.73 Å². The third-order valence-corrected chi connectivity index (χ3v) is 2.93. The summed E-state index contributed by atoms with van der Waals surface area (Å²) in [6.45, 7) is 0.372. The zero-order valence-corrected chi connectivity index (χ0v) is 11.3. The molecule has 1 amide bonds. The first-order valence-corrected chi connectivity index (χ1v) is 6.35. The summed E-state index contributed by atoms with van der Waals surface area (Å²) in [6, 6.07) is 9.29. The second kappa shape index (κ2) is 6.57. The van der Waals surface area contributed by atoms with Crippen LogP contribution in [0.3, 0.4) is 0 Å². The largest absolute Gasteiger partial charge is 0.467 e. The number of nitrogens with zero attached hydrogens (tertiary/aromatic N) is 2. The molecular weight excluding hydrogens is 273 g/mol. The van der Waals surface area contributed by atoms with E-state index in [9.17, 15) is 9.18 Å². The Labute approximate surface area is 121 Å². The predicted molar refractivity (Wildman–Crippen MR) is 74.5 cm³/mol. The van der Waals surface area contributed by atoms with Crippen molar-refractivity contribution in [3.8, 4) is 6.07 Å². The fourth-order valence-corrected chi connectivity index (χ4v) is 1.90.